The second-order valence-electron chi connectivity index (χ2n) is 6.38. The highest BCUT2D eigenvalue weighted by Crippen LogP contribution is 2.29. The van der Waals surface area contributed by atoms with Crippen molar-refractivity contribution in [2.75, 3.05) is 33.7 Å². The molecule has 0 spiro atoms. The fraction of sp³-hybridized carbons (Fsp3) is 1.00. The van der Waals surface area contributed by atoms with Gasteiger partial charge in [-0.3, -0.25) is 9.80 Å². The second kappa shape index (κ2) is 5.25. The number of nitrogens with zero attached hydrogens (tertiary/aromatic N) is 2. The zero-order valence-corrected chi connectivity index (χ0v) is 12.8. The Hall–Kier alpha value is -0.120. The highest BCUT2D eigenvalue weighted by molar-refractivity contribution is 4.99. The van der Waals surface area contributed by atoms with Crippen LogP contribution in [0.1, 0.15) is 41.0 Å². The van der Waals surface area contributed by atoms with Crippen LogP contribution in [0.15, 0.2) is 0 Å². The summed E-state index contributed by atoms with van der Waals surface area (Å²) in [5, 5.41) is 3.44. The van der Waals surface area contributed by atoms with E-state index in [-0.39, 0.29) is 11.1 Å². The minimum Gasteiger partial charge on any atom is -0.315 e. The van der Waals surface area contributed by atoms with Crippen LogP contribution in [-0.4, -0.2) is 60.6 Å². The van der Waals surface area contributed by atoms with Gasteiger partial charge in [-0.2, -0.15) is 0 Å². The van der Waals surface area contributed by atoms with E-state index in [2.05, 4.69) is 63.8 Å². The lowest BCUT2D eigenvalue weighted by Gasteiger charge is -2.53. The molecule has 0 aromatic heterocycles. The molecule has 2 unspecified atom stereocenters. The maximum absolute atomic E-state index is 3.44. The molecule has 17 heavy (non-hydrogen) atoms. The average molecular weight is 241 g/mol. The number of likely N-dealkylation sites (N-methyl/N-ethyl adjacent to an activating group) is 2. The molecular formula is C14H31N3. The number of nitrogens with one attached hydrogen (secondary N) is 1. The van der Waals surface area contributed by atoms with E-state index in [0.717, 1.165) is 6.54 Å². The van der Waals surface area contributed by atoms with Gasteiger partial charge in [-0.1, -0.05) is 6.92 Å². The zero-order valence-electron chi connectivity index (χ0n) is 12.8. The first-order chi connectivity index (χ1) is 7.78. The number of hydrogen-bond donors (Lipinski definition) is 1. The van der Waals surface area contributed by atoms with Crippen LogP contribution >= 0.6 is 0 Å². The summed E-state index contributed by atoms with van der Waals surface area (Å²) in [4.78, 5) is 5.15. The highest BCUT2D eigenvalue weighted by Gasteiger charge is 2.41. The van der Waals surface area contributed by atoms with Crippen molar-refractivity contribution in [2.24, 2.45) is 0 Å². The standard InChI is InChI=1S/C14H31N3/c1-8-14(5,12(2)15-6)17-10-9-16(7)13(3,4)11-17/h12,15H,8-11H2,1-7H3. The van der Waals surface area contributed by atoms with Gasteiger partial charge in [-0.05, 0) is 48.2 Å². The zero-order chi connectivity index (χ0) is 13.3. The van der Waals surface area contributed by atoms with Crippen LogP contribution in [0.3, 0.4) is 0 Å². The summed E-state index contributed by atoms with van der Waals surface area (Å²) in [6.45, 7) is 15.2. The Balaban J connectivity index is 2.84. The Morgan fingerprint density at radius 3 is 2.35 bits per heavy atom. The van der Waals surface area contributed by atoms with Gasteiger partial charge in [0.2, 0.25) is 0 Å². The monoisotopic (exact) mass is 241 g/mol. The topological polar surface area (TPSA) is 18.5 Å². The fourth-order valence-electron chi connectivity index (χ4n) is 2.79. The number of hydrogen-bond acceptors (Lipinski definition) is 3. The predicted molar refractivity (Wildman–Crippen MR) is 75.5 cm³/mol. The first-order valence-electron chi connectivity index (χ1n) is 6.91. The Morgan fingerprint density at radius 1 is 1.35 bits per heavy atom. The second-order valence-corrected chi connectivity index (χ2v) is 6.38. The summed E-state index contributed by atoms with van der Waals surface area (Å²) in [6, 6.07) is 0.520. The van der Waals surface area contributed by atoms with Gasteiger partial charge in [0.1, 0.15) is 0 Å². The molecule has 0 radical (unpaired) electrons. The Kier molecular flexibility index (Phi) is 4.61. The molecule has 0 aromatic rings. The molecule has 1 N–H and O–H groups in total. The quantitative estimate of drug-likeness (QED) is 0.809. The first kappa shape index (κ1) is 14.9. The SMILES string of the molecule is CCC(C)(C(C)NC)N1CCN(C)C(C)(C)C1. The van der Waals surface area contributed by atoms with Crippen LogP contribution in [0.5, 0.6) is 0 Å². The smallest absolute Gasteiger partial charge is 0.0330 e. The lowest BCUT2D eigenvalue weighted by Crippen LogP contribution is -2.67. The van der Waals surface area contributed by atoms with E-state index >= 15 is 0 Å². The van der Waals surface area contributed by atoms with Gasteiger partial charge in [-0.15, -0.1) is 0 Å². The van der Waals surface area contributed by atoms with Gasteiger partial charge in [0.15, 0.2) is 0 Å². The number of rotatable bonds is 4. The van der Waals surface area contributed by atoms with E-state index in [9.17, 15) is 0 Å². The predicted octanol–water partition coefficient (Wildman–Crippen LogP) is 1.79. The molecule has 0 aliphatic carbocycles. The van der Waals surface area contributed by atoms with E-state index in [0.29, 0.717) is 6.04 Å². The van der Waals surface area contributed by atoms with Crippen LogP contribution in [0.4, 0.5) is 0 Å². The van der Waals surface area contributed by atoms with Crippen LogP contribution in [0, 0.1) is 0 Å². The minimum absolute atomic E-state index is 0.257. The molecular weight excluding hydrogens is 210 g/mol. The minimum atomic E-state index is 0.257. The van der Waals surface area contributed by atoms with E-state index in [1.165, 1.54) is 19.5 Å². The molecule has 1 rings (SSSR count). The number of piperazine rings is 1. The van der Waals surface area contributed by atoms with Crippen molar-refractivity contribution < 1.29 is 0 Å². The molecule has 1 heterocycles. The van der Waals surface area contributed by atoms with Gasteiger partial charge in [0.25, 0.3) is 0 Å². The van der Waals surface area contributed by atoms with Crippen LogP contribution in [0.25, 0.3) is 0 Å². The molecule has 0 bridgehead atoms. The van der Waals surface area contributed by atoms with Gasteiger partial charge >= 0.3 is 0 Å². The lowest BCUT2D eigenvalue weighted by molar-refractivity contribution is -0.0316. The van der Waals surface area contributed by atoms with Gasteiger partial charge in [0, 0.05) is 36.8 Å². The van der Waals surface area contributed by atoms with E-state index < -0.39 is 0 Å². The largest absolute Gasteiger partial charge is 0.315 e. The van der Waals surface area contributed by atoms with E-state index in [1.807, 2.05) is 0 Å². The molecule has 102 valence electrons. The van der Waals surface area contributed by atoms with Crippen LogP contribution in [0.2, 0.25) is 0 Å². The third-order valence-electron chi connectivity index (χ3n) is 5.12. The maximum atomic E-state index is 3.44. The molecule has 1 saturated heterocycles. The highest BCUT2D eigenvalue weighted by atomic mass is 15.3. The van der Waals surface area contributed by atoms with Crippen molar-refractivity contribution in [1.82, 2.24) is 15.1 Å². The Labute approximate surface area is 108 Å². The molecule has 0 amide bonds. The van der Waals surface area contributed by atoms with Gasteiger partial charge < -0.3 is 5.32 Å². The normalized spacial score (nSPS) is 27.7. The Bertz CT molecular complexity index is 252. The van der Waals surface area contributed by atoms with Crippen molar-refractivity contribution in [3.8, 4) is 0 Å². The molecule has 1 aliphatic heterocycles. The van der Waals surface area contributed by atoms with Crippen molar-refractivity contribution >= 4 is 0 Å². The average Bonchev–Trinajstić information content (AvgIpc) is 2.30. The summed E-state index contributed by atoms with van der Waals surface area (Å²) < 4.78 is 0. The molecule has 0 aromatic carbocycles. The third-order valence-corrected chi connectivity index (χ3v) is 5.12. The van der Waals surface area contributed by atoms with Crippen molar-refractivity contribution in [2.45, 2.75) is 58.2 Å². The lowest BCUT2D eigenvalue weighted by atomic mass is 9.85. The molecule has 2 atom stereocenters. The van der Waals surface area contributed by atoms with Gasteiger partial charge in [0.05, 0.1) is 0 Å². The van der Waals surface area contributed by atoms with Gasteiger partial charge in [-0.25, -0.2) is 0 Å². The summed E-state index contributed by atoms with van der Waals surface area (Å²) >= 11 is 0. The molecule has 0 saturated carbocycles. The summed E-state index contributed by atoms with van der Waals surface area (Å²) in [6.07, 6.45) is 1.19. The van der Waals surface area contributed by atoms with Crippen LogP contribution < -0.4 is 5.32 Å². The van der Waals surface area contributed by atoms with Crippen LogP contribution in [-0.2, 0) is 0 Å². The van der Waals surface area contributed by atoms with Crippen molar-refractivity contribution in [3.05, 3.63) is 0 Å². The molecule has 3 heteroatoms. The molecule has 1 aliphatic rings. The Morgan fingerprint density at radius 2 is 1.94 bits per heavy atom. The third kappa shape index (κ3) is 2.83. The summed E-state index contributed by atoms with van der Waals surface area (Å²) in [5.41, 5.74) is 0.537. The first-order valence-corrected chi connectivity index (χ1v) is 6.91. The van der Waals surface area contributed by atoms with Crippen molar-refractivity contribution in [1.29, 1.82) is 0 Å². The maximum Gasteiger partial charge on any atom is 0.0330 e. The fourth-order valence-corrected chi connectivity index (χ4v) is 2.79. The van der Waals surface area contributed by atoms with Crippen molar-refractivity contribution in [3.63, 3.8) is 0 Å². The van der Waals surface area contributed by atoms with E-state index in [4.69, 9.17) is 0 Å². The molecule has 1 fully saturated rings. The summed E-state index contributed by atoms with van der Waals surface area (Å²) in [7, 11) is 4.31. The molecule has 3 nitrogen and oxygen atoms in total. The summed E-state index contributed by atoms with van der Waals surface area (Å²) in [5.74, 6) is 0. The van der Waals surface area contributed by atoms with E-state index in [1.54, 1.807) is 0 Å².